The molecule has 1 fully saturated rings. The van der Waals surface area contributed by atoms with Crippen LogP contribution in [0, 0.1) is 5.92 Å². The number of aromatic nitrogens is 1. The highest BCUT2D eigenvalue weighted by molar-refractivity contribution is 6.11. The molecule has 1 unspecified atom stereocenters. The van der Waals surface area contributed by atoms with Crippen molar-refractivity contribution < 1.29 is 9.59 Å². The minimum atomic E-state index is -0.553. The number of Topliss-reactive ketones (excluding diaryl/α,β-unsaturated/α-hetero) is 1. The number of rotatable bonds is 3. The zero-order valence-electron chi connectivity index (χ0n) is 11.8. The molecule has 106 valence electrons. The number of carbonyl (C=O) groups excluding carboxylic acids is 2. The van der Waals surface area contributed by atoms with Crippen molar-refractivity contribution >= 4 is 11.7 Å². The lowest BCUT2D eigenvalue weighted by molar-refractivity contribution is -0.128. The van der Waals surface area contributed by atoms with Crippen LogP contribution in [0.15, 0.2) is 48.8 Å². The largest absolute Gasteiger partial charge is 0.345 e. The van der Waals surface area contributed by atoms with Crippen molar-refractivity contribution in [3.63, 3.8) is 0 Å². The van der Waals surface area contributed by atoms with E-state index in [9.17, 15) is 9.59 Å². The highest BCUT2D eigenvalue weighted by atomic mass is 16.2. The first-order valence-electron chi connectivity index (χ1n) is 6.96. The Bertz CT molecular complexity index is 682. The third kappa shape index (κ3) is 2.57. The second-order valence-corrected chi connectivity index (χ2v) is 5.29. The Morgan fingerprint density at radius 3 is 2.62 bits per heavy atom. The SMILES string of the molecule is CN1CCC(C(=O)c2cncc(-c3ccccc3)c2)C1=O. The van der Waals surface area contributed by atoms with Crippen molar-refractivity contribution in [1.29, 1.82) is 0 Å². The van der Waals surface area contributed by atoms with E-state index in [0.29, 0.717) is 18.5 Å². The topological polar surface area (TPSA) is 50.3 Å². The Morgan fingerprint density at radius 2 is 1.95 bits per heavy atom. The molecule has 1 atom stereocenters. The summed E-state index contributed by atoms with van der Waals surface area (Å²) in [7, 11) is 1.73. The summed E-state index contributed by atoms with van der Waals surface area (Å²) < 4.78 is 0. The van der Waals surface area contributed by atoms with Crippen LogP contribution in [0.2, 0.25) is 0 Å². The maximum Gasteiger partial charge on any atom is 0.233 e. The van der Waals surface area contributed by atoms with Crippen molar-refractivity contribution in [3.8, 4) is 11.1 Å². The Morgan fingerprint density at radius 1 is 1.19 bits per heavy atom. The van der Waals surface area contributed by atoms with E-state index in [-0.39, 0.29) is 11.7 Å². The van der Waals surface area contributed by atoms with Crippen LogP contribution < -0.4 is 0 Å². The van der Waals surface area contributed by atoms with Gasteiger partial charge >= 0.3 is 0 Å². The van der Waals surface area contributed by atoms with Gasteiger partial charge in [-0.3, -0.25) is 14.6 Å². The normalized spacial score (nSPS) is 18.0. The van der Waals surface area contributed by atoms with E-state index in [1.54, 1.807) is 24.3 Å². The van der Waals surface area contributed by atoms with Gasteiger partial charge in [0, 0.05) is 37.1 Å². The first kappa shape index (κ1) is 13.5. The fourth-order valence-electron chi connectivity index (χ4n) is 2.63. The smallest absolute Gasteiger partial charge is 0.233 e. The van der Waals surface area contributed by atoms with Crippen LogP contribution in [0.5, 0.6) is 0 Å². The molecule has 0 radical (unpaired) electrons. The standard InChI is InChI=1S/C17H16N2O2/c1-19-8-7-15(17(19)21)16(20)14-9-13(10-18-11-14)12-5-3-2-4-6-12/h2-6,9-11,15H,7-8H2,1H3. The molecule has 4 heteroatoms. The predicted octanol–water partition coefficient (Wildman–Crippen LogP) is 2.41. The second kappa shape index (κ2) is 5.48. The molecular weight excluding hydrogens is 264 g/mol. The number of nitrogens with zero attached hydrogens (tertiary/aromatic N) is 2. The third-order valence-electron chi connectivity index (χ3n) is 3.87. The molecule has 1 aromatic carbocycles. The molecule has 21 heavy (non-hydrogen) atoms. The lowest BCUT2D eigenvalue weighted by atomic mass is 9.95. The molecule has 4 nitrogen and oxygen atoms in total. The highest BCUT2D eigenvalue weighted by Gasteiger charge is 2.35. The van der Waals surface area contributed by atoms with Gasteiger partial charge in [0.15, 0.2) is 5.78 Å². The summed E-state index contributed by atoms with van der Waals surface area (Å²) >= 11 is 0. The zero-order chi connectivity index (χ0) is 14.8. The molecule has 2 heterocycles. The molecule has 1 aliphatic rings. The first-order chi connectivity index (χ1) is 10.2. The molecule has 1 aromatic heterocycles. The Hall–Kier alpha value is -2.49. The zero-order valence-corrected chi connectivity index (χ0v) is 11.8. The fourth-order valence-corrected chi connectivity index (χ4v) is 2.63. The predicted molar refractivity (Wildman–Crippen MR) is 79.7 cm³/mol. The first-order valence-corrected chi connectivity index (χ1v) is 6.96. The monoisotopic (exact) mass is 280 g/mol. The van der Waals surface area contributed by atoms with E-state index in [0.717, 1.165) is 11.1 Å². The average molecular weight is 280 g/mol. The Labute approximate surface area is 123 Å². The Balaban J connectivity index is 1.90. The minimum Gasteiger partial charge on any atom is -0.345 e. The van der Waals surface area contributed by atoms with Crippen LogP contribution in [0.1, 0.15) is 16.8 Å². The average Bonchev–Trinajstić information content (AvgIpc) is 2.87. The molecular formula is C17H16N2O2. The highest BCUT2D eigenvalue weighted by Crippen LogP contribution is 2.24. The summed E-state index contributed by atoms with van der Waals surface area (Å²) in [6, 6.07) is 11.6. The van der Waals surface area contributed by atoms with Gasteiger partial charge in [0.2, 0.25) is 5.91 Å². The van der Waals surface area contributed by atoms with Gasteiger partial charge in [-0.25, -0.2) is 0 Å². The van der Waals surface area contributed by atoms with Crippen LogP contribution in [-0.2, 0) is 4.79 Å². The van der Waals surface area contributed by atoms with Gasteiger partial charge in [0.05, 0.1) is 0 Å². The van der Waals surface area contributed by atoms with Crippen molar-refractivity contribution in [2.24, 2.45) is 5.92 Å². The third-order valence-corrected chi connectivity index (χ3v) is 3.87. The molecule has 1 amide bonds. The van der Waals surface area contributed by atoms with Crippen LogP contribution >= 0.6 is 0 Å². The van der Waals surface area contributed by atoms with E-state index in [1.165, 1.54) is 0 Å². The summed E-state index contributed by atoms with van der Waals surface area (Å²) in [5.74, 6) is -0.775. The van der Waals surface area contributed by atoms with E-state index >= 15 is 0 Å². The van der Waals surface area contributed by atoms with Crippen LogP contribution in [0.4, 0.5) is 0 Å². The lowest BCUT2D eigenvalue weighted by Crippen LogP contribution is -2.27. The summed E-state index contributed by atoms with van der Waals surface area (Å²) in [6.45, 7) is 0.640. The van der Waals surface area contributed by atoms with E-state index < -0.39 is 5.92 Å². The summed E-state index contributed by atoms with van der Waals surface area (Å²) in [6.07, 6.45) is 3.86. The van der Waals surface area contributed by atoms with Crippen molar-refractivity contribution in [2.75, 3.05) is 13.6 Å². The van der Waals surface area contributed by atoms with Gasteiger partial charge < -0.3 is 4.90 Å². The van der Waals surface area contributed by atoms with Crippen molar-refractivity contribution in [2.45, 2.75) is 6.42 Å². The maximum atomic E-state index is 12.5. The van der Waals surface area contributed by atoms with Gasteiger partial charge in [-0.1, -0.05) is 30.3 Å². The number of amides is 1. The maximum absolute atomic E-state index is 12.5. The van der Waals surface area contributed by atoms with Gasteiger partial charge in [0.1, 0.15) is 5.92 Å². The molecule has 1 aliphatic heterocycles. The number of hydrogen-bond acceptors (Lipinski definition) is 3. The molecule has 0 spiro atoms. The van der Waals surface area contributed by atoms with Crippen LogP contribution in [0.3, 0.4) is 0 Å². The molecule has 1 saturated heterocycles. The summed E-state index contributed by atoms with van der Waals surface area (Å²) in [5.41, 5.74) is 2.40. The van der Waals surface area contributed by atoms with E-state index in [2.05, 4.69) is 4.98 Å². The van der Waals surface area contributed by atoms with Gasteiger partial charge in [0.25, 0.3) is 0 Å². The number of ketones is 1. The number of pyridine rings is 1. The molecule has 0 saturated carbocycles. The molecule has 0 aliphatic carbocycles. The molecule has 0 bridgehead atoms. The van der Waals surface area contributed by atoms with Gasteiger partial charge in [-0.05, 0) is 18.1 Å². The van der Waals surface area contributed by atoms with Gasteiger partial charge in [-0.2, -0.15) is 0 Å². The molecule has 3 rings (SSSR count). The van der Waals surface area contributed by atoms with E-state index in [1.807, 2.05) is 36.4 Å². The van der Waals surface area contributed by atoms with Gasteiger partial charge in [-0.15, -0.1) is 0 Å². The number of likely N-dealkylation sites (tertiary alicyclic amines) is 1. The molecule has 2 aromatic rings. The number of carbonyl (C=O) groups is 2. The number of hydrogen-bond donors (Lipinski definition) is 0. The van der Waals surface area contributed by atoms with E-state index in [4.69, 9.17) is 0 Å². The second-order valence-electron chi connectivity index (χ2n) is 5.29. The fraction of sp³-hybridized carbons (Fsp3) is 0.235. The number of benzene rings is 1. The lowest BCUT2D eigenvalue weighted by Gasteiger charge is -2.10. The summed E-state index contributed by atoms with van der Waals surface area (Å²) in [5, 5.41) is 0. The molecule has 0 N–H and O–H groups in total. The van der Waals surface area contributed by atoms with Crippen LogP contribution in [0.25, 0.3) is 11.1 Å². The van der Waals surface area contributed by atoms with Crippen molar-refractivity contribution in [3.05, 3.63) is 54.4 Å². The Kier molecular flexibility index (Phi) is 3.52. The quantitative estimate of drug-likeness (QED) is 0.641. The van der Waals surface area contributed by atoms with Crippen molar-refractivity contribution in [1.82, 2.24) is 9.88 Å². The summed E-state index contributed by atoms with van der Waals surface area (Å²) in [4.78, 5) is 30.2. The minimum absolute atomic E-state index is 0.0925. The van der Waals surface area contributed by atoms with Crippen LogP contribution in [-0.4, -0.2) is 35.2 Å².